The number of carboxylic acids is 1. The third-order valence-corrected chi connectivity index (χ3v) is 2.44. The minimum atomic E-state index is -0.991. The Kier molecular flexibility index (Phi) is 4.03. The molecule has 0 radical (unpaired) electrons. The molecule has 1 atom stereocenters. The van der Waals surface area contributed by atoms with Crippen LogP contribution in [0.1, 0.15) is 24.8 Å². The molecule has 0 saturated carbocycles. The van der Waals surface area contributed by atoms with Gasteiger partial charge < -0.3 is 9.84 Å². The molecular formula is C11H13NO5. The Hall–Kier alpha value is -2.11. The molecule has 6 heteroatoms. The highest BCUT2D eigenvalue weighted by Gasteiger charge is 2.21. The van der Waals surface area contributed by atoms with E-state index < -0.39 is 16.8 Å². The largest absolute Gasteiger partial charge is 0.497 e. The molecule has 92 valence electrons. The number of ether oxygens (including phenoxy) is 1. The van der Waals surface area contributed by atoms with E-state index in [1.165, 1.54) is 25.3 Å². The standard InChI is InChI=1S/C11H13NO5/c1-7(5-11(13)14)9-6-8(17-2)3-4-10(9)12(15)16/h3-4,6-7H,5H2,1-2H3,(H,13,14). The van der Waals surface area contributed by atoms with E-state index in [1.54, 1.807) is 6.92 Å². The van der Waals surface area contributed by atoms with Crippen molar-refractivity contribution in [1.29, 1.82) is 0 Å². The maximum atomic E-state index is 10.8. The van der Waals surface area contributed by atoms with E-state index in [0.29, 0.717) is 11.3 Å². The Morgan fingerprint density at radius 3 is 2.71 bits per heavy atom. The molecule has 0 amide bonds. The van der Waals surface area contributed by atoms with Gasteiger partial charge in [0, 0.05) is 11.6 Å². The molecule has 0 aliphatic rings. The van der Waals surface area contributed by atoms with Crippen molar-refractivity contribution in [1.82, 2.24) is 0 Å². The average molecular weight is 239 g/mol. The lowest BCUT2D eigenvalue weighted by Crippen LogP contribution is -2.06. The Morgan fingerprint density at radius 2 is 2.24 bits per heavy atom. The smallest absolute Gasteiger partial charge is 0.303 e. The summed E-state index contributed by atoms with van der Waals surface area (Å²) in [5.74, 6) is -0.958. The number of carbonyl (C=O) groups is 1. The number of rotatable bonds is 5. The first-order valence-corrected chi connectivity index (χ1v) is 4.99. The summed E-state index contributed by atoms with van der Waals surface area (Å²) in [5, 5.41) is 19.5. The van der Waals surface area contributed by atoms with E-state index in [9.17, 15) is 14.9 Å². The van der Waals surface area contributed by atoms with Gasteiger partial charge >= 0.3 is 5.97 Å². The van der Waals surface area contributed by atoms with Crippen LogP contribution in [-0.4, -0.2) is 23.1 Å². The fraction of sp³-hybridized carbons (Fsp3) is 0.364. The SMILES string of the molecule is COc1ccc([N+](=O)[O-])c(C(C)CC(=O)O)c1. The first-order chi connectivity index (χ1) is 7.95. The lowest BCUT2D eigenvalue weighted by Gasteiger charge is -2.11. The van der Waals surface area contributed by atoms with Gasteiger partial charge in [0.15, 0.2) is 0 Å². The summed E-state index contributed by atoms with van der Waals surface area (Å²) in [4.78, 5) is 20.9. The summed E-state index contributed by atoms with van der Waals surface area (Å²) >= 11 is 0. The Bertz CT molecular complexity index is 443. The quantitative estimate of drug-likeness (QED) is 0.628. The van der Waals surface area contributed by atoms with Crippen LogP contribution >= 0.6 is 0 Å². The molecule has 1 aromatic carbocycles. The van der Waals surface area contributed by atoms with E-state index in [1.807, 2.05) is 0 Å². The monoisotopic (exact) mass is 239 g/mol. The number of nitro benzene ring substituents is 1. The number of hydrogen-bond acceptors (Lipinski definition) is 4. The highest BCUT2D eigenvalue weighted by molar-refractivity contribution is 5.68. The Morgan fingerprint density at radius 1 is 1.59 bits per heavy atom. The molecule has 1 N–H and O–H groups in total. The highest BCUT2D eigenvalue weighted by atomic mass is 16.6. The van der Waals surface area contributed by atoms with Crippen molar-refractivity contribution in [2.75, 3.05) is 7.11 Å². The summed E-state index contributed by atoms with van der Waals surface area (Å²) in [6.07, 6.45) is -0.159. The molecule has 0 aromatic heterocycles. The summed E-state index contributed by atoms with van der Waals surface area (Å²) in [7, 11) is 1.45. The molecule has 0 heterocycles. The lowest BCUT2D eigenvalue weighted by molar-refractivity contribution is -0.385. The minimum Gasteiger partial charge on any atom is -0.497 e. The van der Waals surface area contributed by atoms with E-state index >= 15 is 0 Å². The number of aliphatic carboxylic acids is 1. The van der Waals surface area contributed by atoms with Gasteiger partial charge in [-0.25, -0.2) is 0 Å². The van der Waals surface area contributed by atoms with Crippen molar-refractivity contribution in [2.24, 2.45) is 0 Å². The number of benzene rings is 1. The number of nitro groups is 1. The second-order valence-corrected chi connectivity index (χ2v) is 3.68. The molecule has 0 bridgehead atoms. The molecule has 6 nitrogen and oxygen atoms in total. The lowest BCUT2D eigenvalue weighted by atomic mass is 9.96. The van der Waals surface area contributed by atoms with Crippen molar-refractivity contribution >= 4 is 11.7 Å². The fourth-order valence-electron chi connectivity index (χ4n) is 1.59. The first kappa shape index (κ1) is 13.0. The predicted octanol–water partition coefficient (Wildman–Crippen LogP) is 2.18. The molecule has 0 saturated heterocycles. The van der Waals surface area contributed by atoms with E-state index in [2.05, 4.69) is 0 Å². The van der Waals surface area contributed by atoms with Crippen LogP contribution in [0.5, 0.6) is 5.75 Å². The van der Waals surface area contributed by atoms with Gasteiger partial charge in [0.2, 0.25) is 0 Å². The van der Waals surface area contributed by atoms with Gasteiger partial charge in [0.1, 0.15) is 5.75 Å². The van der Waals surface area contributed by atoms with E-state index in [4.69, 9.17) is 9.84 Å². The van der Waals surface area contributed by atoms with Gasteiger partial charge in [-0.1, -0.05) is 6.92 Å². The molecule has 0 aliphatic heterocycles. The molecule has 1 aromatic rings. The van der Waals surface area contributed by atoms with Gasteiger partial charge in [-0.05, 0) is 18.1 Å². The topological polar surface area (TPSA) is 89.7 Å². The van der Waals surface area contributed by atoms with Crippen molar-refractivity contribution < 1.29 is 19.6 Å². The summed E-state index contributed by atoms with van der Waals surface area (Å²) in [6.45, 7) is 1.63. The molecule has 0 aliphatic carbocycles. The van der Waals surface area contributed by atoms with Crippen molar-refractivity contribution in [2.45, 2.75) is 19.3 Å². The van der Waals surface area contributed by atoms with Crippen LogP contribution in [0.3, 0.4) is 0 Å². The van der Waals surface area contributed by atoms with Gasteiger partial charge in [-0.3, -0.25) is 14.9 Å². The molecule has 17 heavy (non-hydrogen) atoms. The number of carboxylic acid groups (broad SMARTS) is 1. The maximum Gasteiger partial charge on any atom is 0.303 e. The highest BCUT2D eigenvalue weighted by Crippen LogP contribution is 2.31. The third kappa shape index (κ3) is 3.17. The van der Waals surface area contributed by atoms with Crippen molar-refractivity contribution in [3.8, 4) is 5.75 Å². The summed E-state index contributed by atoms with van der Waals surface area (Å²) in [5.41, 5.74) is 0.288. The van der Waals surface area contributed by atoms with E-state index in [0.717, 1.165) is 0 Å². The Balaban J connectivity index is 3.16. The number of methoxy groups -OCH3 is 1. The van der Waals surface area contributed by atoms with Gasteiger partial charge in [0.05, 0.1) is 18.5 Å². The summed E-state index contributed by atoms with van der Waals surface area (Å²) < 4.78 is 4.97. The minimum absolute atomic E-state index is 0.0837. The number of nitrogens with zero attached hydrogens (tertiary/aromatic N) is 1. The van der Waals surface area contributed by atoms with Crippen LogP contribution in [0.2, 0.25) is 0 Å². The zero-order valence-corrected chi connectivity index (χ0v) is 9.54. The van der Waals surface area contributed by atoms with Gasteiger partial charge in [-0.2, -0.15) is 0 Å². The second kappa shape index (κ2) is 5.29. The van der Waals surface area contributed by atoms with Crippen LogP contribution < -0.4 is 4.74 Å². The van der Waals surface area contributed by atoms with Crippen LogP contribution in [0.4, 0.5) is 5.69 Å². The maximum absolute atomic E-state index is 10.8. The Labute approximate surface area is 98.0 Å². The van der Waals surface area contributed by atoms with Crippen LogP contribution in [-0.2, 0) is 4.79 Å². The molecule has 1 unspecified atom stereocenters. The van der Waals surface area contributed by atoms with Crippen LogP contribution in [0.15, 0.2) is 18.2 Å². The molecule has 0 spiro atoms. The zero-order valence-electron chi connectivity index (χ0n) is 9.54. The first-order valence-electron chi connectivity index (χ1n) is 4.99. The molecule has 0 fully saturated rings. The normalized spacial score (nSPS) is 11.9. The van der Waals surface area contributed by atoms with Gasteiger partial charge in [-0.15, -0.1) is 0 Å². The molecular weight excluding hydrogens is 226 g/mol. The van der Waals surface area contributed by atoms with Crippen LogP contribution in [0.25, 0.3) is 0 Å². The van der Waals surface area contributed by atoms with Gasteiger partial charge in [0.25, 0.3) is 5.69 Å². The number of hydrogen-bond donors (Lipinski definition) is 1. The van der Waals surface area contributed by atoms with Crippen LogP contribution in [0, 0.1) is 10.1 Å². The second-order valence-electron chi connectivity index (χ2n) is 3.68. The fourth-order valence-corrected chi connectivity index (χ4v) is 1.59. The predicted molar refractivity (Wildman–Crippen MR) is 60.3 cm³/mol. The third-order valence-electron chi connectivity index (χ3n) is 2.44. The van der Waals surface area contributed by atoms with E-state index in [-0.39, 0.29) is 12.1 Å². The zero-order chi connectivity index (χ0) is 13.0. The average Bonchev–Trinajstić information content (AvgIpc) is 2.27. The summed E-state index contributed by atoms with van der Waals surface area (Å²) in [6, 6.07) is 4.31. The van der Waals surface area contributed by atoms with Crippen molar-refractivity contribution in [3.63, 3.8) is 0 Å². The van der Waals surface area contributed by atoms with Crippen molar-refractivity contribution in [3.05, 3.63) is 33.9 Å². The molecule has 1 rings (SSSR count).